The molecule has 2 rings (SSSR count). The molecule has 0 radical (unpaired) electrons. The third kappa shape index (κ3) is 4.23. The summed E-state index contributed by atoms with van der Waals surface area (Å²) in [4.78, 5) is 23.4. The zero-order chi connectivity index (χ0) is 16.1. The Balaban J connectivity index is 1.95. The maximum Gasteiger partial charge on any atom is 0.272 e. The molecule has 1 aliphatic carbocycles. The molecule has 0 aromatic heterocycles. The molecule has 7 heteroatoms. The molecule has 0 heterocycles. The van der Waals surface area contributed by atoms with Crippen molar-refractivity contribution in [3.63, 3.8) is 0 Å². The van der Waals surface area contributed by atoms with Gasteiger partial charge in [0.05, 0.1) is 6.61 Å². The van der Waals surface area contributed by atoms with E-state index < -0.39 is 17.9 Å². The van der Waals surface area contributed by atoms with Gasteiger partial charge >= 0.3 is 0 Å². The van der Waals surface area contributed by atoms with Crippen LogP contribution in [0.4, 0.5) is 0 Å². The molecule has 2 amide bonds. The number of hydroxylamine groups is 1. The zero-order valence-corrected chi connectivity index (χ0v) is 12.0. The van der Waals surface area contributed by atoms with Crippen LogP contribution in [-0.2, 0) is 4.79 Å². The maximum atomic E-state index is 12.1. The molecule has 1 fully saturated rings. The van der Waals surface area contributed by atoms with Gasteiger partial charge in [0.25, 0.3) is 11.8 Å². The SMILES string of the molecule is C=C(N)[C@H](NC(=O)c1ccc(OCC2CC2)cc1)C(=O)NO. The number of rotatable bonds is 7. The Hall–Kier alpha value is -2.54. The van der Waals surface area contributed by atoms with Crippen LogP contribution in [0, 0.1) is 5.92 Å². The van der Waals surface area contributed by atoms with E-state index in [4.69, 9.17) is 15.7 Å². The molecular weight excluding hydrogens is 286 g/mol. The van der Waals surface area contributed by atoms with Crippen LogP contribution in [0.2, 0.25) is 0 Å². The largest absolute Gasteiger partial charge is 0.493 e. The molecule has 1 saturated carbocycles. The van der Waals surface area contributed by atoms with E-state index in [0.717, 1.165) is 0 Å². The average Bonchev–Trinajstić information content (AvgIpc) is 3.34. The number of nitrogens with one attached hydrogen (secondary N) is 2. The van der Waals surface area contributed by atoms with Crippen LogP contribution < -0.4 is 21.3 Å². The van der Waals surface area contributed by atoms with Gasteiger partial charge in [-0.1, -0.05) is 6.58 Å². The predicted molar refractivity (Wildman–Crippen MR) is 79.2 cm³/mol. The van der Waals surface area contributed by atoms with Gasteiger partial charge in [-0.25, -0.2) is 5.48 Å². The summed E-state index contributed by atoms with van der Waals surface area (Å²) < 4.78 is 5.58. The Morgan fingerprint density at radius 3 is 2.50 bits per heavy atom. The molecule has 1 atom stereocenters. The fraction of sp³-hybridized carbons (Fsp3) is 0.333. The summed E-state index contributed by atoms with van der Waals surface area (Å²) in [6, 6.07) is 5.35. The Morgan fingerprint density at radius 2 is 2.00 bits per heavy atom. The number of ether oxygens (including phenoxy) is 1. The first-order valence-corrected chi connectivity index (χ1v) is 6.93. The molecule has 1 aromatic rings. The number of hydrogen-bond donors (Lipinski definition) is 4. The van der Waals surface area contributed by atoms with Gasteiger partial charge in [-0.05, 0) is 43.0 Å². The first kappa shape index (κ1) is 15.8. The smallest absolute Gasteiger partial charge is 0.272 e. The van der Waals surface area contributed by atoms with Crippen molar-refractivity contribution in [2.24, 2.45) is 11.7 Å². The van der Waals surface area contributed by atoms with Crippen LogP contribution in [0.5, 0.6) is 5.75 Å². The van der Waals surface area contributed by atoms with Gasteiger partial charge in [0.15, 0.2) is 0 Å². The van der Waals surface area contributed by atoms with Crippen molar-refractivity contribution in [2.45, 2.75) is 18.9 Å². The van der Waals surface area contributed by atoms with Crippen LogP contribution in [0.25, 0.3) is 0 Å². The van der Waals surface area contributed by atoms with E-state index in [9.17, 15) is 9.59 Å². The van der Waals surface area contributed by atoms with E-state index in [2.05, 4.69) is 11.9 Å². The van der Waals surface area contributed by atoms with E-state index in [1.54, 1.807) is 24.3 Å². The first-order valence-electron chi connectivity index (χ1n) is 6.93. The summed E-state index contributed by atoms with van der Waals surface area (Å²) in [7, 11) is 0. The standard InChI is InChI=1S/C15H19N3O4/c1-9(16)13(15(20)18-21)17-14(19)11-4-6-12(7-5-11)22-8-10-2-3-10/h4-7,10,13,21H,1-3,8,16H2,(H,17,19)(H,18,20)/t13-/m0/s1. The lowest BCUT2D eigenvalue weighted by Gasteiger charge is -2.16. The second kappa shape index (κ2) is 6.95. The van der Waals surface area contributed by atoms with E-state index in [-0.39, 0.29) is 5.70 Å². The lowest BCUT2D eigenvalue weighted by Crippen LogP contribution is -2.48. The molecule has 0 aliphatic heterocycles. The normalized spacial score (nSPS) is 14.8. The van der Waals surface area contributed by atoms with E-state index in [1.807, 2.05) is 0 Å². The highest BCUT2D eigenvalue weighted by atomic mass is 16.5. The lowest BCUT2D eigenvalue weighted by molar-refractivity contribution is -0.130. The summed E-state index contributed by atoms with van der Waals surface area (Å²) in [6.07, 6.45) is 2.41. The number of benzene rings is 1. The van der Waals surface area contributed by atoms with Crippen molar-refractivity contribution >= 4 is 11.8 Å². The van der Waals surface area contributed by atoms with Crippen LogP contribution >= 0.6 is 0 Å². The molecule has 5 N–H and O–H groups in total. The summed E-state index contributed by atoms with van der Waals surface area (Å²) >= 11 is 0. The van der Waals surface area contributed by atoms with Crippen molar-refractivity contribution in [3.8, 4) is 5.75 Å². The second-order valence-electron chi connectivity index (χ2n) is 5.24. The fourth-order valence-corrected chi connectivity index (χ4v) is 1.81. The fourth-order valence-electron chi connectivity index (χ4n) is 1.81. The van der Waals surface area contributed by atoms with Crippen molar-refractivity contribution in [2.75, 3.05) is 6.61 Å². The third-order valence-electron chi connectivity index (χ3n) is 3.32. The Bertz CT molecular complexity index is 567. The predicted octanol–water partition coefficient (Wildman–Crippen LogP) is 0.552. The van der Waals surface area contributed by atoms with Crippen LogP contribution in [-0.4, -0.2) is 29.7 Å². The van der Waals surface area contributed by atoms with Gasteiger partial charge in [-0.3, -0.25) is 14.8 Å². The average molecular weight is 305 g/mol. The minimum Gasteiger partial charge on any atom is -0.493 e. The Labute approximate surface area is 128 Å². The summed E-state index contributed by atoms with van der Waals surface area (Å²) in [5.74, 6) is -0.0215. The van der Waals surface area contributed by atoms with Gasteiger partial charge < -0.3 is 15.8 Å². The molecular formula is C15H19N3O4. The maximum absolute atomic E-state index is 12.1. The molecule has 22 heavy (non-hydrogen) atoms. The topological polar surface area (TPSA) is 114 Å². The van der Waals surface area contributed by atoms with E-state index in [1.165, 1.54) is 18.3 Å². The number of hydrogen-bond acceptors (Lipinski definition) is 5. The molecule has 1 aromatic carbocycles. The van der Waals surface area contributed by atoms with Crippen molar-refractivity contribution in [1.29, 1.82) is 0 Å². The van der Waals surface area contributed by atoms with Crippen LogP contribution in [0.3, 0.4) is 0 Å². The molecule has 0 unspecified atom stereocenters. The quantitative estimate of drug-likeness (QED) is 0.434. The minimum absolute atomic E-state index is 0.0794. The number of carbonyl (C=O) groups is 2. The number of carbonyl (C=O) groups excluding carboxylic acids is 2. The zero-order valence-electron chi connectivity index (χ0n) is 12.0. The summed E-state index contributed by atoms with van der Waals surface area (Å²) in [6.45, 7) is 4.09. The van der Waals surface area contributed by atoms with Gasteiger partial charge in [0, 0.05) is 11.3 Å². The van der Waals surface area contributed by atoms with Gasteiger partial charge in [0.1, 0.15) is 11.8 Å². The van der Waals surface area contributed by atoms with Crippen molar-refractivity contribution < 1.29 is 19.5 Å². The second-order valence-corrected chi connectivity index (χ2v) is 5.24. The summed E-state index contributed by atoms with van der Waals surface area (Å²) in [5, 5.41) is 11.0. The van der Waals surface area contributed by atoms with Crippen LogP contribution in [0.1, 0.15) is 23.2 Å². The molecule has 0 bridgehead atoms. The highest BCUT2D eigenvalue weighted by Crippen LogP contribution is 2.29. The highest BCUT2D eigenvalue weighted by Gasteiger charge is 2.23. The molecule has 118 valence electrons. The van der Waals surface area contributed by atoms with E-state index in [0.29, 0.717) is 23.8 Å². The van der Waals surface area contributed by atoms with Gasteiger partial charge in [-0.2, -0.15) is 0 Å². The van der Waals surface area contributed by atoms with Crippen LogP contribution in [0.15, 0.2) is 36.5 Å². The van der Waals surface area contributed by atoms with Crippen molar-refractivity contribution in [1.82, 2.24) is 10.8 Å². The molecule has 7 nitrogen and oxygen atoms in total. The Kier molecular flexibility index (Phi) is 5.00. The molecule has 1 aliphatic rings. The van der Waals surface area contributed by atoms with E-state index >= 15 is 0 Å². The number of nitrogens with two attached hydrogens (primary N) is 1. The van der Waals surface area contributed by atoms with Gasteiger partial charge in [0.2, 0.25) is 0 Å². The van der Waals surface area contributed by atoms with Gasteiger partial charge in [-0.15, -0.1) is 0 Å². The third-order valence-corrected chi connectivity index (χ3v) is 3.32. The summed E-state index contributed by atoms with van der Waals surface area (Å²) in [5.41, 5.74) is 7.13. The Morgan fingerprint density at radius 1 is 1.36 bits per heavy atom. The minimum atomic E-state index is -1.21. The highest BCUT2D eigenvalue weighted by molar-refractivity contribution is 5.98. The number of amides is 2. The first-order chi connectivity index (χ1) is 10.5. The lowest BCUT2D eigenvalue weighted by atomic mass is 10.1. The van der Waals surface area contributed by atoms with Crippen molar-refractivity contribution in [3.05, 3.63) is 42.1 Å². The monoisotopic (exact) mass is 305 g/mol. The molecule has 0 saturated heterocycles. The molecule has 0 spiro atoms.